The summed E-state index contributed by atoms with van der Waals surface area (Å²) < 4.78 is 13.5. The van der Waals surface area contributed by atoms with Gasteiger partial charge in [0.05, 0.1) is 6.10 Å². The van der Waals surface area contributed by atoms with Crippen molar-refractivity contribution in [1.82, 2.24) is 10.2 Å². The molecule has 0 aliphatic heterocycles. The minimum atomic E-state index is -0.841. The summed E-state index contributed by atoms with van der Waals surface area (Å²) in [4.78, 5) is 12.6. The first kappa shape index (κ1) is 15.6. The summed E-state index contributed by atoms with van der Waals surface area (Å²) in [5, 5.41) is 12.7. The van der Waals surface area contributed by atoms with Gasteiger partial charge in [-0.05, 0) is 26.1 Å². The Bertz CT molecular complexity index is 412. The Kier molecular flexibility index (Phi) is 6.45. The average Bonchev–Trinajstić information content (AvgIpc) is 2.35. The van der Waals surface area contributed by atoms with Crippen LogP contribution in [0.25, 0.3) is 0 Å². The number of aliphatic hydroxyl groups is 1. The highest BCUT2D eigenvalue weighted by atomic mass is 19.1. The number of nitrogens with one attached hydrogen (secondary N) is 1. The van der Waals surface area contributed by atoms with E-state index in [2.05, 4.69) is 5.32 Å². The summed E-state index contributed by atoms with van der Waals surface area (Å²) in [6.07, 6.45) is -0.0490. The third kappa shape index (κ3) is 5.81. The van der Waals surface area contributed by atoms with Crippen LogP contribution in [0, 0.1) is 5.82 Å². The number of likely N-dealkylation sites (N-methyl/N-ethyl adjacent to an activating group) is 1. The van der Waals surface area contributed by atoms with Crippen molar-refractivity contribution in [3.63, 3.8) is 0 Å². The Hall–Kier alpha value is -1.46. The van der Waals surface area contributed by atoms with Crippen LogP contribution in [0.4, 0.5) is 4.39 Å². The molecule has 0 aliphatic rings. The molecule has 1 amide bonds. The maximum atomic E-state index is 13.5. The van der Waals surface area contributed by atoms with Crippen LogP contribution in [0.15, 0.2) is 24.3 Å². The molecule has 0 bridgehead atoms. The van der Waals surface area contributed by atoms with Gasteiger partial charge in [-0.2, -0.15) is 0 Å². The highest BCUT2D eigenvalue weighted by Gasteiger charge is 2.14. The predicted octanol–water partition coefficient (Wildman–Crippen LogP) is 1.32. The topological polar surface area (TPSA) is 52.6 Å². The summed E-state index contributed by atoms with van der Waals surface area (Å²) >= 11 is 0. The zero-order chi connectivity index (χ0) is 14.3. The molecule has 5 heteroatoms. The van der Waals surface area contributed by atoms with Gasteiger partial charge in [0.1, 0.15) is 5.82 Å². The molecule has 1 rings (SSSR count). The normalized spacial score (nSPS) is 12.5. The number of hydrogen-bond acceptors (Lipinski definition) is 3. The summed E-state index contributed by atoms with van der Waals surface area (Å²) in [6.45, 7) is 3.17. The van der Waals surface area contributed by atoms with E-state index < -0.39 is 6.10 Å². The Labute approximate surface area is 113 Å². The minimum absolute atomic E-state index is 0.0472. The highest BCUT2D eigenvalue weighted by molar-refractivity contribution is 5.72. The van der Waals surface area contributed by atoms with Crippen LogP contribution in [0.1, 0.15) is 25.0 Å². The second kappa shape index (κ2) is 7.86. The van der Waals surface area contributed by atoms with Crippen LogP contribution in [0.3, 0.4) is 0 Å². The van der Waals surface area contributed by atoms with Crippen molar-refractivity contribution in [2.24, 2.45) is 0 Å². The maximum absolute atomic E-state index is 13.5. The van der Waals surface area contributed by atoms with Crippen LogP contribution in [-0.4, -0.2) is 42.6 Å². The second-order valence-corrected chi connectivity index (χ2v) is 4.64. The first-order chi connectivity index (χ1) is 9.00. The number of aliphatic hydroxyl groups excluding tert-OH is 1. The molecule has 0 spiro atoms. The molecule has 0 saturated carbocycles. The number of carbonyl (C=O) groups is 1. The lowest BCUT2D eigenvalue weighted by Crippen LogP contribution is -2.29. The molecule has 0 aliphatic carbocycles. The number of hydrogen-bond donors (Lipinski definition) is 2. The quantitative estimate of drug-likeness (QED) is 0.733. The van der Waals surface area contributed by atoms with Gasteiger partial charge in [0.15, 0.2) is 0 Å². The van der Waals surface area contributed by atoms with E-state index in [-0.39, 0.29) is 11.7 Å². The Morgan fingerprint density at radius 1 is 1.47 bits per heavy atom. The summed E-state index contributed by atoms with van der Waals surface area (Å²) in [5.74, 6) is -0.435. The molecule has 1 aromatic rings. The van der Waals surface area contributed by atoms with Gasteiger partial charge >= 0.3 is 0 Å². The van der Waals surface area contributed by atoms with Crippen molar-refractivity contribution in [3.05, 3.63) is 35.6 Å². The molecule has 0 saturated heterocycles. The molecule has 0 heterocycles. The predicted molar refractivity (Wildman–Crippen MR) is 72.2 cm³/mol. The molecular formula is C14H21FN2O2. The lowest BCUT2D eigenvalue weighted by Gasteiger charge is -2.21. The van der Waals surface area contributed by atoms with Crippen molar-refractivity contribution in [2.45, 2.75) is 19.4 Å². The number of benzene rings is 1. The third-order valence-corrected chi connectivity index (χ3v) is 2.84. The van der Waals surface area contributed by atoms with Crippen LogP contribution >= 0.6 is 0 Å². The van der Waals surface area contributed by atoms with E-state index in [1.54, 1.807) is 18.2 Å². The Balaban J connectivity index is 2.34. The van der Waals surface area contributed by atoms with Crippen molar-refractivity contribution >= 4 is 5.91 Å². The van der Waals surface area contributed by atoms with E-state index in [9.17, 15) is 14.3 Å². The monoisotopic (exact) mass is 268 g/mol. The van der Waals surface area contributed by atoms with E-state index in [0.717, 1.165) is 13.0 Å². The van der Waals surface area contributed by atoms with Gasteiger partial charge in [-0.3, -0.25) is 4.79 Å². The van der Waals surface area contributed by atoms with Crippen molar-refractivity contribution in [3.8, 4) is 0 Å². The minimum Gasteiger partial charge on any atom is -0.387 e. The van der Waals surface area contributed by atoms with Gasteiger partial charge in [0, 0.05) is 25.6 Å². The van der Waals surface area contributed by atoms with Crippen LogP contribution in [-0.2, 0) is 4.79 Å². The number of rotatable bonds is 7. The van der Waals surface area contributed by atoms with Gasteiger partial charge in [-0.1, -0.05) is 18.2 Å². The number of nitrogens with zero attached hydrogens (tertiary/aromatic N) is 1. The zero-order valence-corrected chi connectivity index (χ0v) is 11.4. The molecule has 2 N–H and O–H groups in total. The van der Waals surface area contributed by atoms with Gasteiger partial charge in [0.25, 0.3) is 0 Å². The molecule has 0 aromatic heterocycles. The molecule has 1 aromatic carbocycles. The van der Waals surface area contributed by atoms with E-state index in [4.69, 9.17) is 0 Å². The largest absolute Gasteiger partial charge is 0.387 e. The van der Waals surface area contributed by atoms with E-state index in [1.807, 2.05) is 11.9 Å². The summed E-state index contributed by atoms with van der Waals surface area (Å²) in [7, 11) is 1.86. The van der Waals surface area contributed by atoms with Gasteiger partial charge in [-0.15, -0.1) is 0 Å². The number of carbonyl (C=O) groups excluding carboxylic acids is 1. The molecule has 106 valence electrons. The zero-order valence-electron chi connectivity index (χ0n) is 11.4. The van der Waals surface area contributed by atoms with Gasteiger partial charge in [-0.25, -0.2) is 4.39 Å². The Morgan fingerprint density at radius 3 is 2.79 bits per heavy atom. The molecule has 19 heavy (non-hydrogen) atoms. The van der Waals surface area contributed by atoms with Gasteiger partial charge in [0.2, 0.25) is 5.91 Å². The van der Waals surface area contributed by atoms with Gasteiger partial charge < -0.3 is 15.3 Å². The van der Waals surface area contributed by atoms with E-state index in [1.165, 1.54) is 13.0 Å². The summed E-state index contributed by atoms with van der Waals surface area (Å²) in [6, 6.07) is 6.24. The SMILES string of the molecule is CC(=O)NCCCN(C)CC(O)c1ccccc1F. The van der Waals surface area contributed by atoms with Crippen molar-refractivity contribution in [2.75, 3.05) is 26.7 Å². The molecule has 1 unspecified atom stereocenters. The first-order valence-electron chi connectivity index (χ1n) is 6.36. The van der Waals surface area contributed by atoms with Crippen LogP contribution in [0.5, 0.6) is 0 Å². The Morgan fingerprint density at radius 2 is 2.16 bits per heavy atom. The molecule has 4 nitrogen and oxygen atoms in total. The fourth-order valence-corrected chi connectivity index (χ4v) is 1.84. The van der Waals surface area contributed by atoms with Crippen LogP contribution in [0.2, 0.25) is 0 Å². The molecular weight excluding hydrogens is 247 g/mol. The maximum Gasteiger partial charge on any atom is 0.216 e. The third-order valence-electron chi connectivity index (χ3n) is 2.84. The molecule has 0 fully saturated rings. The fourth-order valence-electron chi connectivity index (χ4n) is 1.84. The summed E-state index contributed by atoms with van der Waals surface area (Å²) in [5.41, 5.74) is 0.316. The molecule has 0 radical (unpaired) electrons. The lowest BCUT2D eigenvalue weighted by atomic mass is 10.1. The number of amides is 1. The van der Waals surface area contributed by atoms with Crippen LogP contribution < -0.4 is 5.32 Å². The van der Waals surface area contributed by atoms with E-state index >= 15 is 0 Å². The van der Waals surface area contributed by atoms with E-state index in [0.29, 0.717) is 18.7 Å². The number of halogens is 1. The average molecular weight is 268 g/mol. The lowest BCUT2D eigenvalue weighted by molar-refractivity contribution is -0.118. The highest BCUT2D eigenvalue weighted by Crippen LogP contribution is 2.17. The molecule has 1 atom stereocenters. The fraction of sp³-hybridized carbons (Fsp3) is 0.500. The van der Waals surface area contributed by atoms with Crippen molar-refractivity contribution in [1.29, 1.82) is 0 Å². The smallest absolute Gasteiger partial charge is 0.216 e. The standard InChI is InChI=1S/C14H21FN2O2/c1-11(18)16-8-5-9-17(2)10-14(19)12-6-3-4-7-13(12)15/h3-4,6-7,14,19H,5,8-10H2,1-2H3,(H,16,18). The second-order valence-electron chi connectivity index (χ2n) is 4.64. The van der Waals surface area contributed by atoms with Crippen molar-refractivity contribution < 1.29 is 14.3 Å². The first-order valence-corrected chi connectivity index (χ1v) is 6.36.